The summed E-state index contributed by atoms with van der Waals surface area (Å²) in [7, 11) is 1.23. The highest BCUT2D eigenvalue weighted by Crippen LogP contribution is 2.36. The van der Waals surface area contributed by atoms with Gasteiger partial charge < -0.3 is 9.47 Å². The van der Waals surface area contributed by atoms with E-state index in [-0.39, 0.29) is 23.4 Å². The minimum absolute atomic E-state index is 0.0665. The van der Waals surface area contributed by atoms with Crippen LogP contribution in [0, 0.1) is 10.1 Å². The van der Waals surface area contributed by atoms with Crippen molar-refractivity contribution in [3.63, 3.8) is 0 Å². The van der Waals surface area contributed by atoms with E-state index in [1.165, 1.54) is 32.2 Å². The van der Waals surface area contributed by atoms with Crippen LogP contribution in [0.3, 0.4) is 0 Å². The van der Waals surface area contributed by atoms with Crippen LogP contribution in [-0.2, 0) is 19.1 Å². The van der Waals surface area contributed by atoms with Crippen molar-refractivity contribution >= 4 is 17.6 Å². The topological polar surface area (TPSA) is 95.7 Å². The number of non-ortho nitro benzene ring substituents is 1. The summed E-state index contributed by atoms with van der Waals surface area (Å²) in [6, 6.07) is 5.84. The number of nitro groups is 1. The van der Waals surface area contributed by atoms with E-state index in [2.05, 4.69) is 0 Å². The summed E-state index contributed by atoms with van der Waals surface area (Å²) < 4.78 is 9.66. The molecule has 1 aromatic rings. The van der Waals surface area contributed by atoms with Crippen molar-refractivity contribution in [1.29, 1.82) is 0 Å². The number of methoxy groups -OCH3 is 1. The van der Waals surface area contributed by atoms with Gasteiger partial charge in [-0.15, -0.1) is 0 Å². The molecule has 1 atom stereocenters. The number of ether oxygens (including phenoxy) is 2. The highest BCUT2D eigenvalue weighted by Gasteiger charge is 2.34. The summed E-state index contributed by atoms with van der Waals surface area (Å²) in [6.07, 6.45) is -0.0665. The van der Waals surface area contributed by atoms with Crippen LogP contribution < -0.4 is 0 Å². The van der Waals surface area contributed by atoms with Gasteiger partial charge in [0, 0.05) is 18.1 Å². The predicted octanol–water partition coefficient (Wildman–Crippen LogP) is 2.07. The number of carbonyl (C=O) groups excluding carboxylic acids is 2. The lowest BCUT2D eigenvalue weighted by molar-refractivity contribution is -0.384. The molecule has 0 amide bonds. The highest BCUT2D eigenvalue weighted by atomic mass is 16.6. The van der Waals surface area contributed by atoms with E-state index >= 15 is 0 Å². The average molecular weight is 291 g/mol. The number of nitro benzene ring substituents is 1. The molecule has 1 aliphatic heterocycles. The first-order chi connectivity index (χ1) is 9.93. The molecule has 21 heavy (non-hydrogen) atoms. The van der Waals surface area contributed by atoms with Gasteiger partial charge in [-0.3, -0.25) is 14.9 Å². The number of esters is 2. The smallest absolute Gasteiger partial charge is 0.337 e. The van der Waals surface area contributed by atoms with Gasteiger partial charge >= 0.3 is 11.9 Å². The Hall–Kier alpha value is -2.70. The monoisotopic (exact) mass is 291 g/mol. The van der Waals surface area contributed by atoms with Crippen LogP contribution in [0.1, 0.15) is 24.8 Å². The summed E-state index contributed by atoms with van der Waals surface area (Å²) >= 11 is 0. The van der Waals surface area contributed by atoms with Gasteiger partial charge in [0.25, 0.3) is 5.69 Å². The summed E-state index contributed by atoms with van der Waals surface area (Å²) in [5.74, 6) is -1.55. The molecule has 1 aromatic carbocycles. The van der Waals surface area contributed by atoms with Gasteiger partial charge in [0.05, 0.1) is 24.0 Å². The van der Waals surface area contributed by atoms with Gasteiger partial charge in [0.2, 0.25) is 0 Å². The standard InChI is InChI=1S/C14H13NO6/c1-8-13(14(17)20-2)11(7-12(16)21-8)9-4-3-5-10(6-9)15(18)19/h3-6,11H,7H2,1-2H3/t11-/m1/s1. The number of rotatable bonds is 3. The van der Waals surface area contributed by atoms with E-state index in [1.54, 1.807) is 6.07 Å². The maximum Gasteiger partial charge on any atom is 0.337 e. The van der Waals surface area contributed by atoms with Crippen molar-refractivity contribution < 1.29 is 24.0 Å². The third-order valence-corrected chi connectivity index (χ3v) is 3.25. The zero-order valence-electron chi connectivity index (χ0n) is 11.5. The van der Waals surface area contributed by atoms with Crippen molar-refractivity contribution in [3.8, 4) is 0 Å². The molecule has 7 heteroatoms. The Morgan fingerprint density at radius 3 is 2.81 bits per heavy atom. The van der Waals surface area contributed by atoms with E-state index in [4.69, 9.17) is 9.47 Å². The minimum Gasteiger partial charge on any atom is -0.466 e. The molecular formula is C14H13NO6. The Balaban J connectivity index is 2.51. The van der Waals surface area contributed by atoms with E-state index in [1.807, 2.05) is 0 Å². The summed E-state index contributed by atoms with van der Waals surface area (Å²) in [5.41, 5.74) is 0.603. The quantitative estimate of drug-likeness (QED) is 0.480. The number of hydrogen-bond donors (Lipinski definition) is 0. The normalized spacial score (nSPS) is 18.2. The Labute approximate surface area is 120 Å². The second-order valence-electron chi connectivity index (χ2n) is 4.54. The summed E-state index contributed by atoms with van der Waals surface area (Å²) in [5, 5.41) is 10.8. The maximum absolute atomic E-state index is 11.9. The first-order valence-electron chi connectivity index (χ1n) is 6.18. The molecule has 2 rings (SSSR count). The van der Waals surface area contributed by atoms with Gasteiger partial charge in [-0.25, -0.2) is 4.79 Å². The van der Waals surface area contributed by atoms with Gasteiger partial charge in [-0.05, 0) is 12.5 Å². The fourth-order valence-electron chi connectivity index (χ4n) is 2.32. The van der Waals surface area contributed by atoms with Crippen LogP contribution in [0.15, 0.2) is 35.6 Å². The van der Waals surface area contributed by atoms with Crippen molar-refractivity contribution in [2.24, 2.45) is 0 Å². The molecule has 0 spiro atoms. The zero-order valence-corrected chi connectivity index (χ0v) is 11.5. The number of nitrogens with zero attached hydrogens (tertiary/aromatic N) is 1. The molecule has 1 heterocycles. The van der Waals surface area contributed by atoms with E-state index < -0.39 is 22.8 Å². The molecule has 0 aliphatic carbocycles. The molecule has 0 saturated carbocycles. The van der Waals surface area contributed by atoms with Crippen LogP contribution in [0.25, 0.3) is 0 Å². The lowest BCUT2D eigenvalue weighted by Gasteiger charge is -2.24. The van der Waals surface area contributed by atoms with Gasteiger partial charge in [-0.2, -0.15) is 0 Å². The number of carbonyl (C=O) groups is 2. The molecule has 0 radical (unpaired) electrons. The van der Waals surface area contributed by atoms with E-state index in [0.717, 1.165) is 0 Å². The van der Waals surface area contributed by atoms with E-state index in [9.17, 15) is 19.7 Å². The molecule has 0 saturated heterocycles. The fourth-order valence-corrected chi connectivity index (χ4v) is 2.32. The van der Waals surface area contributed by atoms with E-state index in [0.29, 0.717) is 5.56 Å². The third kappa shape index (κ3) is 2.91. The molecule has 0 N–H and O–H groups in total. The third-order valence-electron chi connectivity index (χ3n) is 3.25. The Bertz CT molecular complexity index is 649. The molecule has 0 fully saturated rings. The number of hydrogen-bond acceptors (Lipinski definition) is 6. The first-order valence-corrected chi connectivity index (χ1v) is 6.18. The molecule has 0 unspecified atom stereocenters. The Kier molecular flexibility index (Phi) is 4.02. The largest absolute Gasteiger partial charge is 0.466 e. The minimum atomic E-state index is -0.614. The number of benzene rings is 1. The first kappa shape index (κ1) is 14.7. The second kappa shape index (κ2) is 5.74. The van der Waals surface area contributed by atoms with Crippen LogP contribution in [0.4, 0.5) is 5.69 Å². The molecule has 110 valence electrons. The lowest BCUT2D eigenvalue weighted by atomic mass is 9.86. The zero-order chi connectivity index (χ0) is 15.6. The Morgan fingerprint density at radius 1 is 1.48 bits per heavy atom. The molecular weight excluding hydrogens is 278 g/mol. The SMILES string of the molecule is COC(=O)C1=C(C)OC(=O)C[C@@H]1c1cccc([N+](=O)[O-])c1. The average Bonchev–Trinajstić information content (AvgIpc) is 2.45. The Morgan fingerprint density at radius 2 is 2.19 bits per heavy atom. The summed E-state index contributed by atoms with van der Waals surface area (Å²) in [6.45, 7) is 1.49. The van der Waals surface area contributed by atoms with Gasteiger partial charge in [-0.1, -0.05) is 12.1 Å². The van der Waals surface area contributed by atoms with Crippen molar-refractivity contribution in [1.82, 2.24) is 0 Å². The second-order valence-corrected chi connectivity index (χ2v) is 4.54. The van der Waals surface area contributed by atoms with Crippen LogP contribution in [-0.4, -0.2) is 24.0 Å². The lowest BCUT2D eigenvalue weighted by Crippen LogP contribution is -2.25. The van der Waals surface area contributed by atoms with Crippen molar-refractivity contribution in [2.45, 2.75) is 19.3 Å². The molecule has 0 aromatic heterocycles. The molecule has 1 aliphatic rings. The van der Waals surface area contributed by atoms with Gasteiger partial charge in [0.15, 0.2) is 0 Å². The van der Waals surface area contributed by atoms with Crippen molar-refractivity contribution in [2.75, 3.05) is 7.11 Å². The predicted molar refractivity (Wildman–Crippen MR) is 71.3 cm³/mol. The number of allylic oxidation sites excluding steroid dienone is 1. The fraction of sp³-hybridized carbons (Fsp3) is 0.286. The highest BCUT2D eigenvalue weighted by molar-refractivity contribution is 5.93. The van der Waals surface area contributed by atoms with Gasteiger partial charge in [0.1, 0.15) is 5.76 Å². The molecule has 0 bridgehead atoms. The molecule has 7 nitrogen and oxygen atoms in total. The van der Waals surface area contributed by atoms with Crippen LogP contribution in [0.2, 0.25) is 0 Å². The number of cyclic esters (lactones) is 1. The van der Waals surface area contributed by atoms with Crippen LogP contribution in [0.5, 0.6) is 0 Å². The summed E-state index contributed by atoms with van der Waals surface area (Å²) in [4.78, 5) is 33.8. The van der Waals surface area contributed by atoms with Crippen LogP contribution >= 0.6 is 0 Å². The van der Waals surface area contributed by atoms with Crippen molar-refractivity contribution in [3.05, 3.63) is 51.3 Å². The maximum atomic E-state index is 11.9.